The number of thioether (sulfide) groups is 1. The molecule has 0 amide bonds. The Morgan fingerprint density at radius 3 is 2.79 bits per heavy atom. The van der Waals surface area contributed by atoms with Gasteiger partial charge in [-0.05, 0) is 30.7 Å². The average Bonchev–Trinajstić information content (AvgIpc) is 2.84. The van der Waals surface area contributed by atoms with Crippen LogP contribution in [0.25, 0.3) is 0 Å². The van der Waals surface area contributed by atoms with Crippen LogP contribution in [0.3, 0.4) is 0 Å². The second-order valence-electron chi connectivity index (χ2n) is 5.03. The average molecular weight is 276 g/mol. The summed E-state index contributed by atoms with van der Waals surface area (Å²) in [6.07, 6.45) is 4.38. The van der Waals surface area contributed by atoms with E-state index in [1.165, 1.54) is 12.8 Å². The van der Waals surface area contributed by atoms with Gasteiger partial charge in [0.1, 0.15) is 24.0 Å². The lowest BCUT2D eigenvalue weighted by molar-refractivity contribution is 0.219. The van der Waals surface area contributed by atoms with Crippen LogP contribution in [0.4, 0.5) is 0 Å². The van der Waals surface area contributed by atoms with Crippen molar-refractivity contribution in [2.75, 3.05) is 12.4 Å². The number of rotatable bonds is 5. The first-order valence-electron chi connectivity index (χ1n) is 6.76. The van der Waals surface area contributed by atoms with Gasteiger partial charge in [-0.15, -0.1) is 11.8 Å². The molecule has 2 rings (SSSR count). The molecular formula is C15H20N2OS. The van der Waals surface area contributed by atoms with Crippen molar-refractivity contribution in [2.24, 2.45) is 5.73 Å². The summed E-state index contributed by atoms with van der Waals surface area (Å²) >= 11 is 1.66. The lowest BCUT2D eigenvalue weighted by Crippen LogP contribution is -2.42. The zero-order valence-electron chi connectivity index (χ0n) is 11.3. The van der Waals surface area contributed by atoms with Gasteiger partial charge in [0, 0.05) is 4.90 Å². The van der Waals surface area contributed by atoms with Crippen LogP contribution < -0.4 is 10.5 Å². The van der Waals surface area contributed by atoms with Crippen LogP contribution in [0, 0.1) is 11.3 Å². The zero-order chi connectivity index (χ0) is 13.7. The standard InChI is InChI=1S/C15H20N2OS/c1-2-19-14-7-5-6-13(12(14)10-16)18-11-15(17)8-3-4-9-15/h5-7H,2-4,8-9,11,17H2,1H3. The van der Waals surface area contributed by atoms with Crippen molar-refractivity contribution < 1.29 is 4.74 Å². The molecule has 0 aromatic heterocycles. The first-order valence-corrected chi connectivity index (χ1v) is 7.75. The van der Waals surface area contributed by atoms with E-state index < -0.39 is 0 Å². The second-order valence-corrected chi connectivity index (χ2v) is 6.34. The van der Waals surface area contributed by atoms with Gasteiger partial charge in [-0.25, -0.2) is 0 Å². The number of ether oxygens (including phenoxy) is 1. The van der Waals surface area contributed by atoms with Crippen molar-refractivity contribution in [1.29, 1.82) is 5.26 Å². The molecule has 1 aromatic rings. The fourth-order valence-electron chi connectivity index (χ4n) is 2.46. The lowest BCUT2D eigenvalue weighted by Gasteiger charge is -2.24. The summed E-state index contributed by atoms with van der Waals surface area (Å²) in [5, 5.41) is 9.31. The molecule has 3 nitrogen and oxygen atoms in total. The van der Waals surface area contributed by atoms with Gasteiger partial charge < -0.3 is 10.5 Å². The number of hydrogen-bond donors (Lipinski definition) is 1. The monoisotopic (exact) mass is 276 g/mol. The predicted octanol–water partition coefficient (Wildman–Crippen LogP) is 3.32. The Balaban J connectivity index is 2.11. The van der Waals surface area contributed by atoms with Crippen molar-refractivity contribution in [1.82, 2.24) is 0 Å². The molecule has 0 bridgehead atoms. The van der Waals surface area contributed by atoms with Gasteiger partial charge in [-0.3, -0.25) is 0 Å². The molecular weight excluding hydrogens is 256 g/mol. The molecule has 102 valence electrons. The normalized spacial score (nSPS) is 17.1. The van der Waals surface area contributed by atoms with E-state index in [0.717, 1.165) is 23.5 Å². The van der Waals surface area contributed by atoms with Crippen LogP contribution in [0.2, 0.25) is 0 Å². The number of nitrogens with zero attached hydrogens (tertiary/aromatic N) is 1. The van der Waals surface area contributed by atoms with E-state index >= 15 is 0 Å². The predicted molar refractivity (Wildman–Crippen MR) is 78.4 cm³/mol. The summed E-state index contributed by atoms with van der Waals surface area (Å²) in [6, 6.07) is 8.01. The molecule has 0 heterocycles. The zero-order valence-corrected chi connectivity index (χ0v) is 12.1. The minimum atomic E-state index is -0.208. The Labute approximate surface area is 119 Å². The summed E-state index contributed by atoms with van der Waals surface area (Å²) in [4.78, 5) is 0.986. The van der Waals surface area contributed by atoms with E-state index in [-0.39, 0.29) is 5.54 Å². The van der Waals surface area contributed by atoms with Crippen LogP contribution in [0.15, 0.2) is 23.1 Å². The molecule has 1 aromatic carbocycles. The molecule has 1 aliphatic carbocycles. The minimum Gasteiger partial charge on any atom is -0.490 e. The highest BCUT2D eigenvalue weighted by molar-refractivity contribution is 7.99. The van der Waals surface area contributed by atoms with E-state index in [1.54, 1.807) is 11.8 Å². The van der Waals surface area contributed by atoms with Gasteiger partial charge in [-0.2, -0.15) is 5.26 Å². The molecule has 1 saturated carbocycles. The van der Waals surface area contributed by atoms with Crippen molar-refractivity contribution in [3.05, 3.63) is 23.8 Å². The van der Waals surface area contributed by atoms with E-state index in [2.05, 4.69) is 13.0 Å². The number of benzene rings is 1. The summed E-state index contributed by atoms with van der Waals surface area (Å²) in [6.45, 7) is 2.58. The van der Waals surface area contributed by atoms with Crippen LogP contribution >= 0.6 is 11.8 Å². The number of nitrogens with two attached hydrogens (primary N) is 1. The lowest BCUT2D eigenvalue weighted by atomic mass is 10.0. The van der Waals surface area contributed by atoms with E-state index in [0.29, 0.717) is 17.9 Å². The largest absolute Gasteiger partial charge is 0.490 e. The van der Waals surface area contributed by atoms with Crippen molar-refractivity contribution >= 4 is 11.8 Å². The fraction of sp³-hybridized carbons (Fsp3) is 0.533. The maximum absolute atomic E-state index is 9.31. The third-order valence-electron chi connectivity index (χ3n) is 3.51. The SMILES string of the molecule is CCSc1cccc(OCC2(N)CCCC2)c1C#N. The molecule has 0 radical (unpaired) electrons. The third-order valence-corrected chi connectivity index (χ3v) is 4.45. The highest BCUT2D eigenvalue weighted by atomic mass is 32.2. The first kappa shape index (κ1) is 14.2. The topological polar surface area (TPSA) is 59.0 Å². The van der Waals surface area contributed by atoms with Gasteiger partial charge >= 0.3 is 0 Å². The Bertz CT molecular complexity index is 476. The first-order chi connectivity index (χ1) is 9.18. The van der Waals surface area contributed by atoms with E-state index in [9.17, 15) is 5.26 Å². The van der Waals surface area contributed by atoms with Crippen LogP contribution in [0.1, 0.15) is 38.2 Å². The van der Waals surface area contributed by atoms with Gasteiger partial charge in [-0.1, -0.05) is 25.8 Å². The molecule has 2 N–H and O–H groups in total. The minimum absolute atomic E-state index is 0.208. The number of hydrogen-bond acceptors (Lipinski definition) is 4. The van der Waals surface area contributed by atoms with E-state index in [4.69, 9.17) is 10.5 Å². The van der Waals surface area contributed by atoms with Crippen molar-refractivity contribution in [2.45, 2.75) is 43.0 Å². The molecule has 0 atom stereocenters. The van der Waals surface area contributed by atoms with Crippen LogP contribution in [-0.2, 0) is 0 Å². The van der Waals surface area contributed by atoms with Gasteiger partial charge in [0.05, 0.1) is 5.54 Å². The highest BCUT2D eigenvalue weighted by Crippen LogP contribution is 2.32. The molecule has 0 unspecified atom stereocenters. The fourth-order valence-corrected chi connectivity index (χ4v) is 3.24. The summed E-state index contributed by atoms with van der Waals surface area (Å²) in [5.74, 6) is 1.61. The maximum Gasteiger partial charge on any atom is 0.138 e. The Kier molecular flexibility index (Phi) is 4.73. The molecule has 0 spiro atoms. The summed E-state index contributed by atoms with van der Waals surface area (Å²) in [5.41, 5.74) is 6.71. The van der Waals surface area contributed by atoms with Gasteiger partial charge in [0.25, 0.3) is 0 Å². The van der Waals surface area contributed by atoms with Gasteiger partial charge in [0.15, 0.2) is 0 Å². The molecule has 0 saturated heterocycles. The summed E-state index contributed by atoms with van der Waals surface area (Å²) < 4.78 is 5.84. The van der Waals surface area contributed by atoms with Crippen LogP contribution in [-0.4, -0.2) is 17.9 Å². The maximum atomic E-state index is 9.31. The Hall–Kier alpha value is -1.18. The Morgan fingerprint density at radius 2 is 2.16 bits per heavy atom. The molecule has 4 heteroatoms. The molecule has 19 heavy (non-hydrogen) atoms. The van der Waals surface area contributed by atoms with Crippen molar-refractivity contribution in [3.63, 3.8) is 0 Å². The quantitative estimate of drug-likeness (QED) is 0.838. The van der Waals surface area contributed by atoms with Crippen LogP contribution in [0.5, 0.6) is 5.75 Å². The molecule has 1 fully saturated rings. The molecule has 1 aliphatic rings. The highest BCUT2D eigenvalue weighted by Gasteiger charge is 2.30. The van der Waals surface area contributed by atoms with Crippen molar-refractivity contribution in [3.8, 4) is 11.8 Å². The second kappa shape index (κ2) is 6.31. The number of nitriles is 1. The van der Waals surface area contributed by atoms with E-state index in [1.807, 2.05) is 18.2 Å². The third kappa shape index (κ3) is 3.43. The smallest absolute Gasteiger partial charge is 0.138 e. The molecule has 0 aliphatic heterocycles. The summed E-state index contributed by atoms with van der Waals surface area (Å²) in [7, 11) is 0. The van der Waals surface area contributed by atoms with Gasteiger partial charge in [0.2, 0.25) is 0 Å². The Morgan fingerprint density at radius 1 is 1.42 bits per heavy atom.